The van der Waals surface area contributed by atoms with Crippen molar-refractivity contribution in [3.05, 3.63) is 202 Å². The van der Waals surface area contributed by atoms with Crippen molar-refractivity contribution in [2.75, 3.05) is 0 Å². The second-order valence-electron chi connectivity index (χ2n) is 25.5. The molecule has 0 saturated heterocycles. The van der Waals surface area contributed by atoms with Gasteiger partial charge < -0.3 is 5.11 Å². The van der Waals surface area contributed by atoms with Gasteiger partial charge in [-0.05, 0) is 133 Å². The van der Waals surface area contributed by atoms with Gasteiger partial charge in [0.15, 0.2) is 0 Å². The molecule has 378 valence electrons. The van der Waals surface area contributed by atoms with Gasteiger partial charge in [-0.2, -0.15) is 0 Å². The molecular weight excluding hydrogens is 1080 g/mol. The molecule has 1 N–H and O–H groups in total. The third-order valence-electron chi connectivity index (χ3n) is 15.9. The maximum Gasteiger partial charge on any atom is 0.148 e. The Kier molecular flexibility index (Phi) is 12.8. The van der Waals surface area contributed by atoms with E-state index in [2.05, 4.69) is 239 Å². The second kappa shape index (κ2) is 18.5. The Balaban J connectivity index is 0.00000626. The monoisotopic (exact) mass is 1150 g/mol. The number of nitrogens with zero attached hydrogens (tertiary/aromatic N) is 3. The first kappa shape index (κ1) is 51.1. The van der Waals surface area contributed by atoms with E-state index in [1.807, 2.05) is 6.20 Å². The van der Waals surface area contributed by atoms with Gasteiger partial charge in [0.05, 0.1) is 22.3 Å². The number of aromatic nitrogens is 3. The summed E-state index contributed by atoms with van der Waals surface area (Å²) in [5.74, 6) is 0.948. The van der Waals surface area contributed by atoms with E-state index >= 15 is 0 Å². The number of aromatic hydroxyl groups is 1. The van der Waals surface area contributed by atoms with Gasteiger partial charge in [0.2, 0.25) is 0 Å². The molecule has 0 bridgehead atoms. The Morgan fingerprint density at radius 2 is 1.08 bits per heavy atom. The molecule has 4 nitrogen and oxygen atoms in total. The molecule has 2 aromatic heterocycles. The first-order chi connectivity index (χ1) is 34.5. The van der Waals surface area contributed by atoms with Crippen LogP contribution >= 0.6 is 0 Å². The number of hydrogen-bond donors (Lipinski definition) is 1. The van der Waals surface area contributed by atoms with Gasteiger partial charge in [-0.1, -0.05) is 197 Å². The van der Waals surface area contributed by atoms with E-state index in [9.17, 15) is 5.11 Å². The minimum Gasteiger partial charge on any atom is -0.507 e. The Bertz CT molecular complexity index is 3600. The van der Waals surface area contributed by atoms with Crippen LogP contribution in [0.1, 0.15) is 128 Å². The predicted molar refractivity (Wildman–Crippen MR) is 305 cm³/mol. The van der Waals surface area contributed by atoms with E-state index in [1.54, 1.807) is 0 Å². The van der Waals surface area contributed by atoms with Gasteiger partial charge in [-0.25, -0.2) is 4.98 Å². The van der Waals surface area contributed by atoms with Gasteiger partial charge >= 0.3 is 0 Å². The zero-order chi connectivity index (χ0) is 51.4. The minimum atomic E-state index is -0.332. The number of fused-ring (bicyclic) bond motifs is 3. The van der Waals surface area contributed by atoms with Crippen LogP contribution in [-0.4, -0.2) is 19.6 Å². The fourth-order valence-electron chi connectivity index (χ4n) is 11.7. The molecule has 0 atom stereocenters. The summed E-state index contributed by atoms with van der Waals surface area (Å²) >= 11 is 0. The maximum atomic E-state index is 12.6. The number of phenolic OH excluding ortho intramolecular Hbond substituents is 1. The minimum absolute atomic E-state index is 0. The van der Waals surface area contributed by atoms with Gasteiger partial charge in [0.1, 0.15) is 11.6 Å². The van der Waals surface area contributed by atoms with E-state index in [0.717, 1.165) is 92.6 Å². The molecule has 0 fully saturated rings. The van der Waals surface area contributed by atoms with Crippen LogP contribution in [0.3, 0.4) is 0 Å². The first-order valence-electron chi connectivity index (χ1n) is 26.4. The molecule has 0 saturated carbocycles. The number of rotatable bonds is 6. The summed E-state index contributed by atoms with van der Waals surface area (Å²) in [7, 11) is 0. The summed E-state index contributed by atoms with van der Waals surface area (Å²) in [6.07, 6.45) is 6.54. The zero-order valence-corrected chi connectivity index (χ0v) is 47.6. The number of para-hydroxylation sites is 1. The quantitative estimate of drug-likeness (QED) is 0.169. The summed E-state index contributed by atoms with van der Waals surface area (Å²) in [6, 6.07) is 57.5. The van der Waals surface area contributed by atoms with Gasteiger partial charge in [0.25, 0.3) is 0 Å². The van der Waals surface area contributed by atoms with Crippen molar-refractivity contribution < 1.29 is 26.2 Å². The zero-order valence-electron chi connectivity index (χ0n) is 45.4. The molecule has 0 radical (unpaired) electrons. The van der Waals surface area contributed by atoms with Crippen LogP contribution in [0.25, 0.3) is 72.7 Å². The normalized spacial score (nSPS) is 14.3. The average molecular weight is 1150 g/mol. The third kappa shape index (κ3) is 9.42. The third-order valence-corrected chi connectivity index (χ3v) is 15.9. The SMILES string of the molecule is CC(C)(C)c1cc(-c2cc(-c3ccc4c(c3)CC3(Cc5ccccc5C3)C4)ccn2)[c-]c(-c2cccc3c2nc(-c2cc(C(C)(C)C)cc(C(C)(C)C)c2O)n3-c2ccc(C(C)(C)C)cc2-c2ccccc2)c1.[Pt]. The van der Waals surface area contributed by atoms with E-state index in [0.29, 0.717) is 16.8 Å². The average Bonchev–Trinajstić information content (AvgIpc) is 4.03. The number of hydrogen-bond acceptors (Lipinski definition) is 3. The van der Waals surface area contributed by atoms with Gasteiger partial charge in [0, 0.05) is 44.1 Å². The molecule has 0 amide bonds. The van der Waals surface area contributed by atoms with Gasteiger partial charge in [-0.3, -0.25) is 9.55 Å². The van der Waals surface area contributed by atoms with Crippen molar-refractivity contribution in [1.82, 2.24) is 14.5 Å². The Hall–Kier alpha value is -6.35. The Morgan fingerprint density at radius 1 is 0.486 bits per heavy atom. The Labute approximate surface area is 454 Å². The predicted octanol–water partition coefficient (Wildman–Crippen LogP) is 17.3. The number of pyridine rings is 1. The molecule has 11 rings (SSSR count). The van der Waals surface area contributed by atoms with Crippen molar-refractivity contribution in [2.24, 2.45) is 5.41 Å². The number of benzene rings is 7. The second-order valence-corrected chi connectivity index (χ2v) is 25.5. The van der Waals surface area contributed by atoms with E-state index in [1.165, 1.54) is 38.9 Å². The van der Waals surface area contributed by atoms with E-state index in [-0.39, 0.29) is 48.5 Å². The summed E-state index contributed by atoms with van der Waals surface area (Å²) < 4.78 is 2.30. The standard InChI is InChI=1S/C69H70N3O.Pt/c1-65(2,3)52-27-28-60(56(36-52)43-19-14-13-15-20-43)72-61-24-18-23-55(62(61)71-64(72)57-37-54(67(7,8)9)38-58(63(57)73)68(10,11)12)49-32-50(34-53(33-49)66(4,5)6)59-35-45(29-30-70-59)44-25-26-48-41-69(42-51(48)31-44)39-46-21-16-17-22-47(46)40-69;/h13-31,33-38,73H,39-42H2,1-12H3;/q-1;. The van der Waals surface area contributed by atoms with Gasteiger partial charge in [-0.15, -0.1) is 29.3 Å². The smallest absolute Gasteiger partial charge is 0.148 e. The molecule has 5 heteroatoms. The largest absolute Gasteiger partial charge is 0.507 e. The molecule has 0 unspecified atom stereocenters. The molecule has 0 aliphatic heterocycles. The van der Waals surface area contributed by atoms with Crippen LogP contribution in [-0.2, 0) is 68.4 Å². The number of imidazole rings is 1. The first-order valence-corrected chi connectivity index (χ1v) is 26.4. The van der Waals surface area contributed by atoms with Crippen LogP contribution in [0.4, 0.5) is 0 Å². The van der Waals surface area contributed by atoms with Crippen molar-refractivity contribution in [1.29, 1.82) is 0 Å². The van der Waals surface area contributed by atoms with Crippen molar-refractivity contribution >= 4 is 11.0 Å². The van der Waals surface area contributed by atoms with E-state index in [4.69, 9.17) is 9.97 Å². The molecule has 7 aromatic carbocycles. The molecule has 2 aliphatic carbocycles. The molecule has 74 heavy (non-hydrogen) atoms. The summed E-state index contributed by atoms with van der Waals surface area (Å²) in [5, 5.41) is 12.6. The molecule has 1 spiro atoms. The van der Waals surface area contributed by atoms with Crippen LogP contribution in [0.15, 0.2) is 152 Å². The fourth-order valence-corrected chi connectivity index (χ4v) is 11.7. The molecule has 2 heterocycles. The van der Waals surface area contributed by atoms with Crippen molar-refractivity contribution in [3.8, 4) is 67.5 Å². The van der Waals surface area contributed by atoms with Crippen molar-refractivity contribution in [2.45, 2.75) is 130 Å². The molecular formula is C69H70N3OPt-. The fraction of sp³-hybridized carbons (Fsp3) is 0.304. The summed E-state index contributed by atoms with van der Waals surface area (Å²) in [4.78, 5) is 10.8. The number of phenols is 1. The van der Waals surface area contributed by atoms with Crippen LogP contribution in [0.5, 0.6) is 5.75 Å². The molecule has 9 aromatic rings. The van der Waals surface area contributed by atoms with Crippen LogP contribution < -0.4 is 0 Å². The van der Waals surface area contributed by atoms with Crippen LogP contribution in [0.2, 0.25) is 0 Å². The van der Waals surface area contributed by atoms with Crippen LogP contribution in [0, 0.1) is 11.5 Å². The van der Waals surface area contributed by atoms with E-state index < -0.39 is 0 Å². The Morgan fingerprint density at radius 3 is 1.74 bits per heavy atom. The summed E-state index contributed by atoms with van der Waals surface area (Å²) in [5.41, 5.74) is 21.8. The molecule has 2 aliphatic rings. The topological polar surface area (TPSA) is 50.9 Å². The van der Waals surface area contributed by atoms with Crippen molar-refractivity contribution in [3.63, 3.8) is 0 Å². The maximum absolute atomic E-state index is 12.6. The summed E-state index contributed by atoms with van der Waals surface area (Å²) in [6.45, 7) is 26.9.